The van der Waals surface area contributed by atoms with Crippen LogP contribution in [0.4, 0.5) is 0 Å². The average molecular weight is 300 g/mol. The molecule has 1 heterocycles. The molecule has 3 nitrogen and oxygen atoms in total. The summed E-state index contributed by atoms with van der Waals surface area (Å²) >= 11 is 5.90. The number of carboxylic acid groups (broad SMARTS) is 1. The summed E-state index contributed by atoms with van der Waals surface area (Å²) in [6, 6.07) is 13.4. The van der Waals surface area contributed by atoms with Gasteiger partial charge < -0.3 is 9.67 Å². The van der Waals surface area contributed by atoms with Crippen molar-refractivity contribution >= 4 is 28.5 Å². The molecule has 0 radical (unpaired) electrons. The Balaban J connectivity index is 2.21. The minimum atomic E-state index is -0.902. The van der Waals surface area contributed by atoms with Crippen molar-refractivity contribution in [1.82, 2.24) is 4.57 Å². The van der Waals surface area contributed by atoms with Crippen molar-refractivity contribution in [3.63, 3.8) is 0 Å². The number of carbonyl (C=O) groups is 1. The minimum absolute atomic E-state index is 0.336. The summed E-state index contributed by atoms with van der Waals surface area (Å²) in [6.45, 7) is 2.74. The van der Waals surface area contributed by atoms with E-state index in [-0.39, 0.29) is 0 Å². The molecule has 0 aliphatic carbocycles. The molecule has 0 aliphatic rings. The Bertz CT molecular complexity index is 819. The van der Waals surface area contributed by atoms with Gasteiger partial charge in [0.2, 0.25) is 0 Å². The van der Waals surface area contributed by atoms with Crippen molar-refractivity contribution in [2.75, 3.05) is 0 Å². The fourth-order valence-electron chi connectivity index (χ4n) is 2.55. The molecule has 0 amide bonds. The van der Waals surface area contributed by atoms with E-state index in [0.29, 0.717) is 10.6 Å². The first-order chi connectivity index (χ1) is 10.1. The average Bonchev–Trinajstić information content (AvgIpc) is 2.86. The van der Waals surface area contributed by atoms with Crippen molar-refractivity contribution in [1.29, 1.82) is 0 Å². The molecule has 4 heteroatoms. The minimum Gasteiger partial charge on any atom is -0.478 e. The van der Waals surface area contributed by atoms with Crippen molar-refractivity contribution in [2.24, 2.45) is 0 Å². The molecule has 3 aromatic rings. The van der Waals surface area contributed by atoms with Gasteiger partial charge >= 0.3 is 5.97 Å². The van der Waals surface area contributed by atoms with Crippen molar-refractivity contribution in [3.8, 4) is 11.1 Å². The monoisotopic (exact) mass is 299 g/mol. The van der Waals surface area contributed by atoms with E-state index in [1.165, 1.54) is 0 Å². The largest absolute Gasteiger partial charge is 0.478 e. The number of hydrogen-bond donors (Lipinski definition) is 1. The molecule has 3 rings (SSSR count). The van der Waals surface area contributed by atoms with Gasteiger partial charge in [-0.1, -0.05) is 29.8 Å². The number of nitrogens with zero attached hydrogens (tertiary/aromatic N) is 1. The number of aromatic nitrogens is 1. The van der Waals surface area contributed by atoms with Gasteiger partial charge in [0.1, 0.15) is 0 Å². The lowest BCUT2D eigenvalue weighted by molar-refractivity contribution is 0.0699. The van der Waals surface area contributed by atoms with Crippen molar-refractivity contribution < 1.29 is 9.90 Å². The van der Waals surface area contributed by atoms with E-state index in [0.717, 1.165) is 28.6 Å². The lowest BCUT2D eigenvalue weighted by Gasteiger charge is -2.04. The van der Waals surface area contributed by atoms with Crippen LogP contribution in [0.2, 0.25) is 5.02 Å². The number of aromatic carboxylic acids is 1. The Kier molecular flexibility index (Phi) is 3.43. The molecule has 0 bridgehead atoms. The quantitative estimate of drug-likeness (QED) is 0.763. The summed E-state index contributed by atoms with van der Waals surface area (Å²) < 4.78 is 1.95. The van der Waals surface area contributed by atoms with Gasteiger partial charge in [0.05, 0.1) is 5.56 Å². The van der Waals surface area contributed by atoms with Crippen molar-refractivity contribution in [3.05, 3.63) is 59.2 Å². The molecule has 0 fully saturated rings. The molecule has 0 spiro atoms. The van der Waals surface area contributed by atoms with Crippen LogP contribution >= 0.6 is 11.6 Å². The summed E-state index contributed by atoms with van der Waals surface area (Å²) in [5.41, 5.74) is 3.27. The van der Waals surface area contributed by atoms with E-state index in [4.69, 9.17) is 11.6 Å². The third-order valence-corrected chi connectivity index (χ3v) is 3.88. The number of rotatable bonds is 3. The zero-order chi connectivity index (χ0) is 15.0. The van der Waals surface area contributed by atoms with Gasteiger partial charge in [0.25, 0.3) is 0 Å². The molecule has 0 saturated heterocycles. The maximum absolute atomic E-state index is 11.4. The molecule has 1 N–H and O–H groups in total. The van der Waals surface area contributed by atoms with Crippen LogP contribution in [0, 0.1) is 0 Å². The number of benzene rings is 2. The lowest BCUT2D eigenvalue weighted by Crippen LogP contribution is -1.94. The molecular formula is C17H14ClNO2. The Hall–Kier alpha value is -2.26. The SMILES string of the molecule is CCn1cc(C(=O)O)c2cc(-c3ccc(Cl)cc3)ccc21. The maximum atomic E-state index is 11.4. The van der Waals surface area contributed by atoms with Gasteiger partial charge in [-0.3, -0.25) is 0 Å². The standard InChI is InChI=1S/C17H14ClNO2/c1-2-19-10-15(17(20)21)14-9-12(5-8-16(14)19)11-3-6-13(18)7-4-11/h3-10H,2H2,1H3,(H,20,21). The third-order valence-electron chi connectivity index (χ3n) is 3.63. The topological polar surface area (TPSA) is 42.2 Å². The number of hydrogen-bond acceptors (Lipinski definition) is 1. The summed E-state index contributed by atoms with van der Waals surface area (Å²) in [6.07, 6.45) is 1.69. The highest BCUT2D eigenvalue weighted by atomic mass is 35.5. The zero-order valence-corrected chi connectivity index (χ0v) is 12.3. The molecule has 0 atom stereocenters. The molecule has 0 unspecified atom stereocenters. The van der Waals surface area contributed by atoms with Gasteiger partial charge in [-0.05, 0) is 42.3 Å². The van der Waals surface area contributed by atoms with Crippen LogP contribution in [0.1, 0.15) is 17.3 Å². The second-order valence-electron chi connectivity index (χ2n) is 4.87. The van der Waals surface area contributed by atoms with Gasteiger partial charge in [-0.15, -0.1) is 0 Å². The molecular weight excluding hydrogens is 286 g/mol. The van der Waals surface area contributed by atoms with Crippen LogP contribution in [0.5, 0.6) is 0 Å². The molecule has 0 saturated carbocycles. The smallest absolute Gasteiger partial charge is 0.337 e. The Labute approximate surface area is 127 Å². The summed E-state index contributed by atoms with van der Waals surface area (Å²) in [5, 5.41) is 10.8. The zero-order valence-electron chi connectivity index (χ0n) is 11.5. The molecule has 0 aliphatic heterocycles. The Morgan fingerprint density at radius 2 is 1.81 bits per heavy atom. The number of carboxylic acids is 1. The Morgan fingerprint density at radius 3 is 2.43 bits per heavy atom. The van der Waals surface area contributed by atoms with Gasteiger partial charge in [0.15, 0.2) is 0 Å². The van der Waals surface area contributed by atoms with Crippen LogP contribution in [-0.4, -0.2) is 15.6 Å². The third kappa shape index (κ3) is 2.41. The second-order valence-corrected chi connectivity index (χ2v) is 5.31. The highest BCUT2D eigenvalue weighted by molar-refractivity contribution is 6.30. The summed E-state index contributed by atoms with van der Waals surface area (Å²) in [7, 11) is 0. The highest BCUT2D eigenvalue weighted by Gasteiger charge is 2.14. The van der Waals surface area contributed by atoms with E-state index in [1.807, 2.05) is 54.0 Å². The van der Waals surface area contributed by atoms with Crippen LogP contribution < -0.4 is 0 Å². The molecule has 21 heavy (non-hydrogen) atoms. The lowest BCUT2D eigenvalue weighted by atomic mass is 10.0. The molecule has 106 valence electrons. The van der Waals surface area contributed by atoms with E-state index >= 15 is 0 Å². The van der Waals surface area contributed by atoms with Crippen LogP contribution in [-0.2, 0) is 6.54 Å². The van der Waals surface area contributed by atoms with Gasteiger partial charge in [-0.25, -0.2) is 4.79 Å². The number of fused-ring (bicyclic) bond motifs is 1. The van der Waals surface area contributed by atoms with E-state index < -0.39 is 5.97 Å². The fraction of sp³-hybridized carbons (Fsp3) is 0.118. The predicted octanol–water partition coefficient (Wildman–Crippen LogP) is 4.68. The van der Waals surface area contributed by atoms with E-state index in [9.17, 15) is 9.90 Å². The summed E-state index contributed by atoms with van der Waals surface area (Å²) in [4.78, 5) is 11.4. The highest BCUT2D eigenvalue weighted by Crippen LogP contribution is 2.29. The normalized spacial score (nSPS) is 11.0. The second kappa shape index (κ2) is 5.26. The van der Waals surface area contributed by atoms with Crippen LogP contribution in [0.15, 0.2) is 48.7 Å². The maximum Gasteiger partial charge on any atom is 0.337 e. The first-order valence-corrected chi connectivity index (χ1v) is 7.10. The number of aryl methyl sites for hydroxylation is 1. The first-order valence-electron chi connectivity index (χ1n) is 6.72. The van der Waals surface area contributed by atoms with Gasteiger partial charge in [0, 0.05) is 28.7 Å². The number of halogens is 1. The first kappa shape index (κ1) is 13.7. The fourth-order valence-corrected chi connectivity index (χ4v) is 2.68. The molecule has 1 aromatic heterocycles. The van der Waals surface area contributed by atoms with Crippen molar-refractivity contribution in [2.45, 2.75) is 13.5 Å². The summed E-state index contributed by atoms with van der Waals surface area (Å²) in [5.74, 6) is -0.902. The predicted molar refractivity (Wildman–Crippen MR) is 85.0 cm³/mol. The van der Waals surface area contributed by atoms with E-state index in [2.05, 4.69) is 0 Å². The molecule has 2 aromatic carbocycles. The Morgan fingerprint density at radius 1 is 1.14 bits per heavy atom. The van der Waals surface area contributed by atoms with Crippen LogP contribution in [0.25, 0.3) is 22.0 Å². The van der Waals surface area contributed by atoms with E-state index in [1.54, 1.807) is 6.20 Å². The van der Waals surface area contributed by atoms with Crippen LogP contribution in [0.3, 0.4) is 0 Å². The van der Waals surface area contributed by atoms with Gasteiger partial charge in [-0.2, -0.15) is 0 Å².